The molecule has 0 bridgehead atoms. The van der Waals surface area contributed by atoms with Crippen LogP contribution in [-0.4, -0.2) is 96.7 Å². The average Bonchev–Trinajstić information content (AvgIpc) is 0.925. The Labute approximate surface area is 612 Å². The van der Waals surface area contributed by atoms with Crippen molar-refractivity contribution in [3.05, 3.63) is 24.3 Å². The summed E-state index contributed by atoms with van der Waals surface area (Å²) in [7, 11) is -9.93. The summed E-state index contributed by atoms with van der Waals surface area (Å²) in [5.74, 6) is 0.185. The zero-order valence-corrected chi connectivity index (χ0v) is 66.9. The minimum Gasteiger partial charge on any atom is -0.462 e. The Morgan fingerprint density at radius 2 is 0.590 bits per heavy atom. The van der Waals surface area contributed by atoms with Crippen LogP contribution in [0.3, 0.4) is 0 Å². The Kier molecular flexibility index (Phi) is 69.1. The van der Waals surface area contributed by atoms with E-state index < -0.39 is 97.5 Å². The first-order chi connectivity index (χ1) is 48.3. The van der Waals surface area contributed by atoms with E-state index in [9.17, 15) is 43.2 Å². The Balaban J connectivity index is 5.22. The molecule has 17 nitrogen and oxygen atoms in total. The van der Waals surface area contributed by atoms with Crippen LogP contribution in [0.2, 0.25) is 0 Å². The fourth-order valence-electron chi connectivity index (χ4n) is 11.9. The van der Waals surface area contributed by atoms with E-state index in [1.807, 2.05) is 0 Å². The first kappa shape index (κ1) is 97.5. The van der Waals surface area contributed by atoms with Gasteiger partial charge in [0, 0.05) is 25.7 Å². The van der Waals surface area contributed by atoms with Gasteiger partial charge in [0.05, 0.1) is 26.4 Å². The van der Waals surface area contributed by atoms with E-state index in [-0.39, 0.29) is 25.7 Å². The first-order valence-corrected chi connectivity index (χ1v) is 44.2. The number of phosphoric acid groups is 2. The van der Waals surface area contributed by atoms with Crippen LogP contribution in [0, 0.1) is 17.8 Å². The number of unbranched alkanes of at least 4 members (excludes halogenated alkanes) is 41. The number of carbonyl (C=O) groups excluding carboxylic acids is 4. The third-order valence-corrected chi connectivity index (χ3v) is 20.5. The molecule has 0 heterocycles. The summed E-state index contributed by atoms with van der Waals surface area (Å²) in [5.41, 5.74) is 0. The highest BCUT2D eigenvalue weighted by Gasteiger charge is 2.30. The summed E-state index contributed by atoms with van der Waals surface area (Å²) in [6.07, 6.45) is 62.0. The topological polar surface area (TPSA) is 237 Å². The van der Waals surface area contributed by atoms with E-state index in [0.29, 0.717) is 31.6 Å². The Hall–Kier alpha value is -2.46. The number of esters is 4. The van der Waals surface area contributed by atoms with Gasteiger partial charge in [-0.3, -0.25) is 37.3 Å². The zero-order chi connectivity index (χ0) is 73.7. The van der Waals surface area contributed by atoms with Gasteiger partial charge in [0.1, 0.15) is 19.3 Å². The van der Waals surface area contributed by atoms with Gasteiger partial charge in [-0.15, -0.1) is 0 Å². The number of hydrogen-bond acceptors (Lipinski definition) is 15. The molecule has 0 aromatic heterocycles. The highest BCUT2D eigenvalue weighted by atomic mass is 31.2. The second kappa shape index (κ2) is 70.8. The van der Waals surface area contributed by atoms with E-state index in [2.05, 4.69) is 72.8 Å². The van der Waals surface area contributed by atoms with Crippen molar-refractivity contribution in [1.82, 2.24) is 0 Å². The Morgan fingerprint density at radius 1 is 0.330 bits per heavy atom. The lowest BCUT2D eigenvalue weighted by Crippen LogP contribution is -2.30. The van der Waals surface area contributed by atoms with Crippen LogP contribution in [0.5, 0.6) is 0 Å². The van der Waals surface area contributed by atoms with Gasteiger partial charge in [-0.2, -0.15) is 0 Å². The van der Waals surface area contributed by atoms with Crippen LogP contribution < -0.4 is 0 Å². The van der Waals surface area contributed by atoms with Gasteiger partial charge in [-0.1, -0.05) is 342 Å². The van der Waals surface area contributed by atoms with Gasteiger partial charge in [0.25, 0.3) is 0 Å². The van der Waals surface area contributed by atoms with Gasteiger partial charge in [0.15, 0.2) is 12.2 Å². The molecule has 0 saturated heterocycles. The summed E-state index contributed by atoms with van der Waals surface area (Å²) in [5, 5.41) is 10.6. The minimum absolute atomic E-state index is 0.0846. The van der Waals surface area contributed by atoms with E-state index in [1.54, 1.807) is 0 Å². The lowest BCUT2D eigenvalue weighted by atomic mass is 9.99. The van der Waals surface area contributed by atoms with Crippen molar-refractivity contribution < 1.29 is 80.2 Å². The van der Waals surface area contributed by atoms with Gasteiger partial charge >= 0.3 is 39.5 Å². The monoisotopic (exact) mass is 1460 g/mol. The van der Waals surface area contributed by atoms with E-state index in [1.165, 1.54) is 186 Å². The molecule has 19 heteroatoms. The van der Waals surface area contributed by atoms with Crippen molar-refractivity contribution in [3.63, 3.8) is 0 Å². The molecule has 0 aliphatic rings. The highest BCUT2D eigenvalue weighted by Crippen LogP contribution is 2.45. The molecule has 6 atom stereocenters. The van der Waals surface area contributed by atoms with E-state index in [0.717, 1.165) is 121 Å². The standard InChI is InChI=1S/C81H154O17P2/c1-8-10-11-12-13-14-15-16-21-25-28-35-42-50-57-64-80(85)97-76(68-91-78(83)62-55-48-41-34-31-30-32-38-45-52-59-72(3)4)70-95-99(87,88)93-66-75(82)67-94-100(89,90)96-71-77(69-92-79(84)63-56-49-44-37-39-46-53-60-73(5)6)98-81(86)65-58-51-43-36-29-26-23-20-18-17-19-22-24-27-33-40-47-54-61-74(7)9-2/h14-16,21,72-77,82H,8-13,17-20,22-71H2,1-7H3,(H,87,88)(H,89,90)/b15-14-,21-16-/t74?,75?,76-,77-/m1/s1. The zero-order valence-electron chi connectivity index (χ0n) is 65.2. The molecule has 0 amide bonds. The fraction of sp³-hybridized carbons (Fsp3) is 0.901. The molecular weight excluding hydrogens is 1310 g/mol. The fourth-order valence-corrected chi connectivity index (χ4v) is 13.5. The molecule has 0 rings (SSSR count). The first-order valence-electron chi connectivity index (χ1n) is 41.2. The maximum Gasteiger partial charge on any atom is 0.472 e. The Bertz CT molecular complexity index is 2040. The molecule has 0 aromatic rings. The van der Waals surface area contributed by atoms with Crippen LogP contribution in [-0.2, 0) is 65.4 Å². The molecule has 590 valence electrons. The number of rotatable bonds is 77. The molecular formula is C81H154O17P2. The van der Waals surface area contributed by atoms with Crippen LogP contribution in [0.1, 0.15) is 395 Å². The number of ether oxygens (including phenoxy) is 4. The third-order valence-electron chi connectivity index (χ3n) is 18.6. The van der Waals surface area contributed by atoms with Crippen molar-refractivity contribution >= 4 is 39.5 Å². The quantitative estimate of drug-likeness (QED) is 0.0169. The van der Waals surface area contributed by atoms with E-state index >= 15 is 0 Å². The van der Waals surface area contributed by atoms with Crippen LogP contribution in [0.15, 0.2) is 24.3 Å². The second-order valence-corrected chi connectivity index (χ2v) is 32.6. The molecule has 0 radical (unpaired) electrons. The molecule has 0 aromatic carbocycles. The summed E-state index contributed by atoms with van der Waals surface area (Å²) < 4.78 is 68.6. The lowest BCUT2D eigenvalue weighted by molar-refractivity contribution is -0.161. The van der Waals surface area contributed by atoms with E-state index in [4.69, 9.17) is 37.0 Å². The molecule has 0 saturated carbocycles. The predicted molar refractivity (Wildman–Crippen MR) is 409 cm³/mol. The largest absolute Gasteiger partial charge is 0.472 e. The molecule has 0 aliphatic heterocycles. The highest BCUT2D eigenvalue weighted by molar-refractivity contribution is 7.47. The van der Waals surface area contributed by atoms with Crippen LogP contribution >= 0.6 is 15.6 Å². The van der Waals surface area contributed by atoms with Crippen molar-refractivity contribution in [2.45, 2.75) is 414 Å². The summed E-state index contributed by atoms with van der Waals surface area (Å²) in [6, 6.07) is 0. The maximum atomic E-state index is 13.1. The van der Waals surface area contributed by atoms with Crippen LogP contribution in [0.25, 0.3) is 0 Å². The van der Waals surface area contributed by atoms with Crippen molar-refractivity contribution in [2.24, 2.45) is 17.8 Å². The van der Waals surface area contributed by atoms with Crippen molar-refractivity contribution in [2.75, 3.05) is 39.6 Å². The lowest BCUT2D eigenvalue weighted by Gasteiger charge is -2.21. The summed E-state index contributed by atoms with van der Waals surface area (Å²) >= 11 is 0. The van der Waals surface area contributed by atoms with Gasteiger partial charge in [0.2, 0.25) is 0 Å². The predicted octanol–water partition coefficient (Wildman–Crippen LogP) is 23.7. The van der Waals surface area contributed by atoms with Crippen LogP contribution in [0.4, 0.5) is 0 Å². The number of hydrogen-bond donors (Lipinski definition) is 3. The molecule has 0 spiro atoms. The van der Waals surface area contributed by atoms with Gasteiger partial charge < -0.3 is 33.8 Å². The number of aliphatic hydroxyl groups is 1. The Morgan fingerprint density at radius 3 is 0.890 bits per heavy atom. The average molecular weight is 1460 g/mol. The summed E-state index contributed by atoms with van der Waals surface area (Å²) in [4.78, 5) is 72.9. The molecule has 100 heavy (non-hydrogen) atoms. The maximum absolute atomic E-state index is 13.1. The minimum atomic E-state index is -4.97. The normalized spacial score (nSPS) is 14.4. The SMILES string of the molecule is CCCCCC/C=C\C=C/CCCCCCCC(=O)O[C@H](COC(=O)CCCCCCCCCCCCC(C)C)COP(=O)(O)OCC(O)COP(=O)(O)OC[C@@H](COC(=O)CCCCCCCCCC(C)C)OC(=O)CCCCCCCCCCCCCCCCCCCCC(C)CC. The number of allylic oxidation sites excluding steroid dienone is 4. The molecule has 4 unspecified atom stereocenters. The molecule has 0 aliphatic carbocycles. The van der Waals surface area contributed by atoms with Crippen molar-refractivity contribution in [1.29, 1.82) is 0 Å². The smallest absolute Gasteiger partial charge is 0.462 e. The molecule has 3 N–H and O–H groups in total. The molecule has 0 fully saturated rings. The third kappa shape index (κ3) is 72.5. The number of aliphatic hydroxyl groups excluding tert-OH is 1. The van der Waals surface area contributed by atoms with Gasteiger partial charge in [-0.05, 0) is 69.1 Å². The number of carbonyl (C=O) groups is 4. The second-order valence-electron chi connectivity index (χ2n) is 29.7. The van der Waals surface area contributed by atoms with Gasteiger partial charge in [-0.25, -0.2) is 9.13 Å². The summed E-state index contributed by atoms with van der Waals surface area (Å²) in [6.45, 7) is 11.9. The number of phosphoric ester groups is 2. The van der Waals surface area contributed by atoms with Crippen molar-refractivity contribution in [3.8, 4) is 0 Å².